The van der Waals surface area contributed by atoms with Gasteiger partial charge in [-0.15, -0.1) is 11.3 Å². The van der Waals surface area contributed by atoms with Gasteiger partial charge in [-0.3, -0.25) is 14.6 Å². The molecule has 1 aliphatic carbocycles. The van der Waals surface area contributed by atoms with E-state index < -0.39 is 0 Å². The lowest BCUT2D eigenvalue weighted by atomic mass is 10.2. The van der Waals surface area contributed by atoms with Crippen molar-refractivity contribution in [2.24, 2.45) is 0 Å². The van der Waals surface area contributed by atoms with E-state index in [4.69, 9.17) is 4.98 Å². The summed E-state index contributed by atoms with van der Waals surface area (Å²) in [5.74, 6) is 0.205. The maximum atomic E-state index is 12.5. The van der Waals surface area contributed by atoms with Gasteiger partial charge in [0.05, 0.1) is 22.8 Å². The summed E-state index contributed by atoms with van der Waals surface area (Å²) in [5.41, 5.74) is 1.10. The number of hydrogen-bond acceptors (Lipinski definition) is 5. The Morgan fingerprint density at radius 2 is 1.96 bits per heavy atom. The summed E-state index contributed by atoms with van der Waals surface area (Å²) in [6.07, 6.45) is 4.80. The summed E-state index contributed by atoms with van der Waals surface area (Å²) in [6, 6.07) is 8.71. The summed E-state index contributed by atoms with van der Waals surface area (Å²) in [7, 11) is 0. The van der Waals surface area contributed by atoms with Crippen LogP contribution >= 0.6 is 11.3 Å². The Labute approximate surface area is 159 Å². The minimum absolute atomic E-state index is 0.0276. The Morgan fingerprint density at radius 3 is 2.69 bits per heavy atom. The van der Waals surface area contributed by atoms with Gasteiger partial charge >= 0.3 is 0 Å². The summed E-state index contributed by atoms with van der Waals surface area (Å²) in [4.78, 5) is 22.0. The fourth-order valence-electron chi connectivity index (χ4n) is 4.05. The first-order valence-corrected chi connectivity index (χ1v) is 10.6. The highest BCUT2D eigenvalue weighted by Gasteiger charge is 2.27. The number of carbonyl (C=O) groups is 1. The van der Waals surface area contributed by atoms with E-state index in [0.717, 1.165) is 51.1 Å². The van der Waals surface area contributed by atoms with Crippen LogP contribution < -0.4 is 5.32 Å². The molecule has 1 amide bonds. The van der Waals surface area contributed by atoms with Gasteiger partial charge in [0.15, 0.2) is 0 Å². The smallest absolute Gasteiger partial charge is 0.237 e. The Balaban J connectivity index is 1.27. The molecule has 1 atom stereocenters. The van der Waals surface area contributed by atoms with E-state index in [9.17, 15) is 4.79 Å². The van der Waals surface area contributed by atoms with Crippen LogP contribution in [0.25, 0.3) is 10.2 Å². The largest absolute Gasteiger partial charge is 0.352 e. The first kappa shape index (κ1) is 17.9. The van der Waals surface area contributed by atoms with Gasteiger partial charge in [-0.25, -0.2) is 4.98 Å². The number of piperazine rings is 1. The average Bonchev–Trinajstić information content (AvgIpc) is 3.30. The molecule has 0 bridgehead atoms. The number of thiazole rings is 1. The van der Waals surface area contributed by atoms with E-state index in [-0.39, 0.29) is 11.9 Å². The van der Waals surface area contributed by atoms with E-state index >= 15 is 0 Å². The molecule has 1 aromatic heterocycles. The highest BCUT2D eigenvalue weighted by atomic mass is 32.1. The molecule has 2 heterocycles. The van der Waals surface area contributed by atoms with Gasteiger partial charge in [0.2, 0.25) is 5.91 Å². The monoisotopic (exact) mass is 372 g/mol. The number of amides is 1. The van der Waals surface area contributed by atoms with Crippen LogP contribution in [0.15, 0.2) is 24.3 Å². The molecule has 2 aromatic rings. The molecule has 1 N–H and O–H groups in total. The molecule has 1 saturated heterocycles. The number of aromatic nitrogens is 1. The summed E-state index contributed by atoms with van der Waals surface area (Å²) >= 11 is 1.79. The third-order valence-corrected chi connectivity index (χ3v) is 6.75. The zero-order valence-electron chi connectivity index (χ0n) is 15.5. The Kier molecular flexibility index (Phi) is 5.52. The van der Waals surface area contributed by atoms with Gasteiger partial charge in [0.1, 0.15) is 5.01 Å². The zero-order valence-corrected chi connectivity index (χ0v) is 16.3. The number of carbonyl (C=O) groups excluding carboxylic acids is 1. The van der Waals surface area contributed by atoms with Crippen LogP contribution in [0, 0.1) is 0 Å². The van der Waals surface area contributed by atoms with Gasteiger partial charge in [-0.1, -0.05) is 25.0 Å². The number of nitrogens with one attached hydrogen (secondary N) is 1. The Bertz CT molecular complexity index is 714. The number of fused-ring (bicyclic) bond motifs is 1. The molecule has 1 aliphatic heterocycles. The lowest BCUT2D eigenvalue weighted by Crippen LogP contribution is -2.54. The maximum absolute atomic E-state index is 12.5. The lowest BCUT2D eigenvalue weighted by Gasteiger charge is -2.37. The van der Waals surface area contributed by atoms with Crippen molar-refractivity contribution in [1.29, 1.82) is 0 Å². The molecule has 5 nitrogen and oxygen atoms in total. The molecule has 26 heavy (non-hydrogen) atoms. The van der Waals surface area contributed by atoms with Crippen molar-refractivity contribution in [3.8, 4) is 0 Å². The van der Waals surface area contributed by atoms with Crippen LogP contribution in [-0.2, 0) is 11.3 Å². The Morgan fingerprint density at radius 1 is 1.23 bits per heavy atom. The van der Waals surface area contributed by atoms with Crippen LogP contribution in [0.5, 0.6) is 0 Å². The molecular weight excluding hydrogens is 344 g/mol. The van der Waals surface area contributed by atoms with Crippen molar-refractivity contribution in [3.05, 3.63) is 29.3 Å². The van der Waals surface area contributed by atoms with Crippen molar-refractivity contribution < 1.29 is 4.79 Å². The van der Waals surface area contributed by atoms with E-state index in [2.05, 4.69) is 33.3 Å². The Hall–Kier alpha value is -1.50. The molecule has 1 saturated carbocycles. The summed E-state index contributed by atoms with van der Waals surface area (Å²) in [5, 5.41) is 4.43. The molecule has 0 unspecified atom stereocenters. The lowest BCUT2D eigenvalue weighted by molar-refractivity contribution is -0.127. The fraction of sp³-hybridized carbons (Fsp3) is 0.600. The SMILES string of the molecule is C[C@@H](C(=O)NC1CCCC1)N1CCN(Cc2nc3ccccc3s2)CC1. The fourth-order valence-corrected chi connectivity index (χ4v) is 5.06. The number of para-hydroxylation sites is 1. The van der Waals surface area contributed by atoms with Crippen LogP contribution in [0.4, 0.5) is 0 Å². The quantitative estimate of drug-likeness (QED) is 0.877. The van der Waals surface area contributed by atoms with Gasteiger partial charge in [0, 0.05) is 32.2 Å². The van der Waals surface area contributed by atoms with Gasteiger partial charge in [0.25, 0.3) is 0 Å². The molecule has 140 valence electrons. The van der Waals surface area contributed by atoms with Gasteiger partial charge < -0.3 is 5.32 Å². The van der Waals surface area contributed by atoms with Crippen molar-refractivity contribution >= 4 is 27.5 Å². The topological polar surface area (TPSA) is 48.5 Å². The van der Waals surface area contributed by atoms with Crippen LogP contribution in [0.2, 0.25) is 0 Å². The van der Waals surface area contributed by atoms with Gasteiger partial charge in [-0.2, -0.15) is 0 Å². The summed E-state index contributed by atoms with van der Waals surface area (Å²) in [6.45, 7) is 6.85. The predicted octanol–water partition coefficient (Wildman–Crippen LogP) is 2.86. The molecule has 2 fully saturated rings. The normalized spacial score (nSPS) is 21.3. The second-order valence-corrected chi connectivity index (χ2v) is 8.67. The molecule has 1 aromatic carbocycles. The second-order valence-electron chi connectivity index (χ2n) is 7.55. The molecule has 4 rings (SSSR count). The molecular formula is C20H28N4OS. The van der Waals surface area contributed by atoms with Crippen LogP contribution in [0.1, 0.15) is 37.6 Å². The third kappa shape index (κ3) is 4.08. The molecule has 2 aliphatic rings. The highest BCUT2D eigenvalue weighted by molar-refractivity contribution is 7.18. The first-order valence-electron chi connectivity index (χ1n) is 9.80. The summed E-state index contributed by atoms with van der Waals surface area (Å²) < 4.78 is 1.26. The average molecular weight is 373 g/mol. The molecule has 0 radical (unpaired) electrons. The van der Waals surface area contributed by atoms with E-state index in [0.29, 0.717) is 6.04 Å². The molecule has 6 heteroatoms. The number of rotatable bonds is 5. The standard InChI is InChI=1S/C20H28N4OS/c1-15(20(25)21-16-6-2-3-7-16)24-12-10-23(11-13-24)14-19-22-17-8-4-5-9-18(17)26-19/h4-5,8-9,15-16H,2-3,6-7,10-14H2,1H3,(H,21,25)/t15-/m0/s1. The highest BCUT2D eigenvalue weighted by Crippen LogP contribution is 2.23. The predicted molar refractivity (Wildman–Crippen MR) is 106 cm³/mol. The molecule has 0 spiro atoms. The second kappa shape index (κ2) is 8.03. The number of benzene rings is 1. The van der Waals surface area contributed by atoms with E-state index in [1.54, 1.807) is 11.3 Å². The van der Waals surface area contributed by atoms with Crippen LogP contribution in [-0.4, -0.2) is 59.0 Å². The van der Waals surface area contributed by atoms with Crippen molar-refractivity contribution in [3.63, 3.8) is 0 Å². The van der Waals surface area contributed by atoms with Gasteiger partial charge in [-0.05, 0) is 31.9 Å². The minimum Gasteiger partial charge on any atom is -0.352 e. The van der Waals surface area contributed by atoms with Crippen molar-refractivity contribution in [2.75, 3.05) is 26.2 Å². The zero-order chi connectivity index (χ0) is 17.9. The maximum Gasteiger partial charge on any atom is 0.237 e. The van der Waals surface area contributed by atoms with E-state index in [1.165, 1.54) is 22.5 Å². The minimum atomic E-state index is -0.0276. The number of hydrogen-bond donors (Lipinski definition) is 1. The first-order chi connectivity index (χ1) is 12.7. The van der Waals surface area contributed by atoms with Crippen molar-refractivity contribution in [2.45, 2.75) is 51.2 Å². The third-order valence-electron chi connectivity index (χ3n) is 5.73. The van der Waals surface area contributed by atoms with E-state index in [1.807, 2.05) is 13.0 Å². The van der Waals surface area contributed by atoms with Crippen molar-refractivity contribution in [1.82, 2.24) is 20.1 Å². The number of nitrogens with zero attached hydrogens (tertiary/aromatic N) is 3. The van der Waals surface area contributed by atoms with Crippen LogP contribution in [0.3, 0.4) is 0 Å².